The molecule has 5 nitrogen and oxygen atoms in total. The minimum atomic E-state index is -2.30. The van der Waals surface area contributed by atoms with Crippen LogP contribution in [0.2, 0.25) is 36.3 Å². The first-order valence-electron chi connectivity index (χ1n) is 15.6. The van der Waals surface area contributed by atoms with E-state index in [9.17, 15) is 4.79 Å². The molecule has 7 heteroatoms. The monoisotopic (exact) mass is 630 g/mol. The summed E-state index contributed by atoms with van der Waals surface area (Å²) < 4.78 is 25.7. The van der Waals surface area contributed by atoms with Crippen molar-refractivity contribution < 1.29 is 23.1 Å². The molecular weight excluding hydrogens is 569 g/mol. The third-order valence-electron chi connectivity index (χ3n) is 9.69. The summed E-state index contributed by atoms with van der Waals surface area (Å²) in [5.74, 6) is -0.183. The van der Waals surface area contributed by atoms with Crippen LogP contribution in [-0.2, 0) is 23.1 Å². The molecular formula is C36H62O5Si2. The van der Waals surface area contributed by atoms with E-state index in [1.54, 1.807) is 12.2 Å². The highest BCUT2D eigenvalue weighted by Crippen LogP contribution is 2.44. The van der Waals surface area contributed by atoms with Crippen LogP contribution in [0.5, 0.6) is 0 Å². The number of epoxide rings is 1. The average molecular weight is 631 g/mol. The average Bonchev–Trinajstić information content (AvgIpc) is 3.62. The van der Waals surface area contributed by atoms with Gasteiger partial charge >= 0.3 is 5.97 Å². The summed E-state index contributed by atoms with van der Waals surface area (Å²) in [7, 11) is -4.42. The molecule has 244 valence electrons. The summed E-state index contributed by atoms with van der Waals surface area (Å²) in [5.41, 5.74) is 2.80. The zero-order valence-electron chi connectivity index (χ0n) is 29.7. The summed E-state index contributed by atoms with van der Waals surface area (Å²) in [6, 6.07) is 0. The Balaban J connectivity index is 3.40. The molecule has 43 heavy (non-hydrogen) atoms. The lowest BCUT2D eigenvalue weighted by Gasteiger charge is -2.40. The number of esters is 1. The van der Waals surface area contributed by atoms with Gasteiger partial charge in [0.05, 0.1) is 24.0 Å². The van der Waals surface area contributed by atoms with Crippen LogP contribution in [0.1, 0.15) is 75.2 Å². The second-order valence-corrected chi connectivity index (χ2v) is 24.9. The largest absolute Gasteiger partial charge is 0.546 e. The molecule has 0 radical (unpaired) electrons. The number of carbonyl (C=O) groups is 1. The van der Waals surface area contributed by atoms with E-state index in [0.717, 1.165) is 23.1 Å². The SMILES string of the molecule is C=CC(=C)C[C@H]1O[C@@H]1[C@@H](CC(=C)[C@H](C)/C(=C\C(=O)O[C@H](C=C)[C@@H](C)C(=C)C)O[Si](C)(C)C(C)(C)C)O[Si](C)(C)C(C)(C)C. The van der Waals surface area contributed by atoms with Gasteiger partial charge in [-0.05, 0) is 49.6 Å². The lowest BCUT2D eigenvalue weighted by atomic mass is 9.93. The Kier molecular flexibility index (Phi) is 13.5. The van der Waals surface area contributed by atoms with Crippen LogP contribution in [0.25, 0.3) is 0 Å². The third kappa shape index (κ3) is 11.2. The highest BCUT2D eigenvalue weighted by atomic mass is 28.4. The van der Waals surface area contributed by atoms with Crippen molar-refractivity contribution in [1.29, 1.82) is 0 Å². The van der Waals surface area contributed by atoms with Gasteiger partial charge < -0.3 is 18.3 Å². The van der Waals surface area contributed by atoms with E-state index in [0.29, 0.717) is 12.2 Å². The Labute approximate surface area is 266 Å². The maximum Gasteiger partial charge on any atom is 0.334 e. The molecule has 0 aromatic rings. The van der Waals surface area contributed by atoms with E-state index in [4.69, 9.17) is 18.3 Å². The molecule has 0 amide bonds. The Morgan fingerprint density at radius 3 is 1.93 bits per heavy atom. The first kappa shape index (κ1) is 39.1. The van der Waals surface area contributed by atoms with Crippen LogP contribution in [0.3, 0.4) is 0 Å². The maximum absolute atomic E-state index is 13.3. The van der Waals surface area contributed by atoms with Gasteiger partial charge in [0.15, 0.2) is 8.32 Å². The lowest BCUT2D eigenvalue weighted by molar-refractivity contribution is -0.142. The summed E-state index contributed by atoms with van der Waals surface area (Å²) in [6.07, 6.45) is 5.60. The van der Waals surface area contributed by atoms with Crippen molar-refractivity contribution in [2.75, 3.05) is 0 Å². The molecule has 0 unspecified atom stereocenters. The number of allylic oxidation sites excluding steroid dienone is 2. The zero-order chi connectivity index (χ0) is 33.7. The molecule has 1 fully saturated rings. The molecule has 1 aliphatic heterocycles. The van der Waals surface area contributed by atoms with Crippen LogP contribution in [0.4, 0.5) is 0 Å². The molecule has 0 aromatic carbocycles. The number of ether oxygens (including phenoxy) is 2. The van der Waals surface area contributed by atoms with Gasteiger partial charge in [0.1, 0.15) is 12.2 Å². The van der Waals surface area contributed by atoms with Crippen LogP contribution in [-0.4, -0.2) is 47.0 Å². The normalized spacial score (nSPS) is 20.7. The molecule has 0 aliphatic carbocycles. The standard InChI is InChI=1S/C36H62O5Si2/c1-19-25(5)21-31-34(39-31)32(41-43(17,18)36(12,13)14)22-26(6)28(8)30(40-42(15,16)35(9,10)11)23-33(37)38-29(20-2)27(7)24(3)4/h19-20,23,27-29,31-32,34H,1-3,5-6,21-22H2,4,7-18H3/b30-23+/t27-,28-,29+,31+,32+,34-/m0/s1. The first-order chi connectivity index (χ1) is 19.4. The fraction of sp³-hybridized carbons (Fsp3) is 0.639. The van der Waals surface area contributed by atoms with Gasteiger partial charge in [0.2, 0.25) is 8.32 Å². The van der Waals surface area contributed by atoms with Gasteiger partial charge in [-0.1, -0.05) is 117 Å². The number of hydrogen-bond donors (Lipinski definition) is 0. The predicted octanol–water partition coefficient (Wildman–Crippen LogP) is 10.1. The van der Waals surface area contributed by atoms with Crippen LogP contribution >= 0.6 is 0 Å². The highest BCUT2D eigenvalue weighted by Gasteiger charge is 2.50. The molecule has 0 N–H and O–H groups in total. The molecule has 0 saturated carbocycles. The molecule has 1 saturated heterocycles. The van der Waals surface area contributed by atoms with Gasteiger partial charge in [-0.2, -0.15) is 0 Å². The quantitative estimate of drug-likeness (QED) is 0.0304. The second-order valence-electron chi connectivity index (χ2n) is 15.4. The number of hydrogen-bond acceptors (Lipinski definition) is 5. The highest BCUT2D eigenvalue weighted by molar-refractivity contribution is 6.74. The Hall–Kier alpha value is -1.94. The molecule has 6 atom stereocenters. The predicted molar refractivity (Wildman–Crippen MR) is 188 cm³/mol. The number of carbonyl (C=O) groups excluding carboxylic acids is 1. The Morgan fingerprint density at radius 1 is 0.953 bits per heavy atom. The molecule has 1 heterocycles. The van der Waals surface area contributed by atoms with Crippen molar-refractivity contribution in [3.05, 3.63) is 73.6 Å². The first-order valence-corrected chi connectivity index (χ1v) is 21.4. The Morgan fingerprint density at radius 2 is 1.49 bits per heavy atom. The lowest BCUT2D eigenvalue weighted by Crippen LogP contribution is -2.46. The molecule has 0 bridgehead atoms. The second kappa shape index (κ2) is 14.9. The third-order valence-corrected chi connectivity index (χ3v) is 18.6. The summed E-state index contributed by atoms with van der Waals surface area (Å²) in [5, 5.41) is -0.0258. The van der Waals surface area contributed by atoms with Crippen LogP contribution in [0, 0.1) is 11.8 Å². The molecule has 1 rings (SSSR count). The summed E-state index contributed by atoms with van der Waals surface area (Å²) >= 11 is 0. The van der Waals surface area contributed by atoms with Crippen molar-refractivity contribution in [3.63, 3.8) is 0 Å². The van der Waals surface area contributed by atoms with Gasteiger partial charge in [0, 0.05) is 18.3 Å². The van der Waals surface area contributed by atoms with E-state index in [-0.39, 0.29) is 40.2 Å². The Bertz CT molecular complexity index is 1090. The van der Waals surface area contributed by atoms with E-state index in [1.807, 2.05) is 20.8 Å². The topological polar surface area (TPSA) is 57.3 Å². The van der Waals surface area contributed by atoms with Crippen molar-refractivity contribution >= 4 is 22.6 Å². The van der Waals surface area contributed by atoms with Gasteiger partial charge in [-0.25, -0.2) is 4.79 Å². The van der Waals surface area contributed by atoms with Crippen LogP contribution < -0.4 is 0 Å². The molecule has 0 spiro atoms. The molecule has 0 aromatic heterocycles. The van der Waals surface area contributed by atoms with Crippen LogP contribution in [0.15, 0.2) is 73.6 Å². The fourth-order valence-corrected chi connectivity index (χ4v) is 6.47. The van der Waals surface area contributed by atoms with Gasteiger partial charge in [0.25, 0.3) is 0 Å². The van der Waals surface area contributed by atoms with E-state index in [2.05, 4.69) is 101 Å². The van der Waals surface area contributed by atoms with Crippen molar-refractivity contribution in [1.82, 2.24) is 0 Å². The smallest absolute Gasteiger partial charge is 0.334 e. The van der Waals surface area contributed by atoms with Gasteiger partial charge in [-0.3, -0.25) is 0 Å². The summed E-state index contributed by atoms with van der Waals surface area (Å²) in [6.45, 7) is 48.4. The van der Waals surface area contributed by atoms with Crippen molar-refractivity contribution in [2.24, 2.45) is 11.8 Å². The zero-order valence-corrected chi connectivity index (χ0v) is 31.7. The minimum Gasteiger partial charge on any atom is -0.546 e. The fourth-order valence-electron chi connectivity index (χ4n) is 4.02. The van der Waals surface area contributed by atoms with Crippen molar-refractivity contribution in [3.8, 4) is 0 Å². The summed E-state index contributed by atoms with van der Waals surface area (Å²) in [4.78, 5) is 13.3. The van der Waals surface area contributed by atoms with E-state index in [1.165, 1.54) is 6.08 Å². The maximum atomic E-state index is 13.3. The van der Waals surface area contributed by atoms with E-state index >= 15 is 0 Å². The number of rotatable bonds is 17. The van der Waals surface area contributed by atoms with Gasteiger partial charge in [-0.15, -0.1) is 0 Å². The van der Waals surface area contributed by atoms with E-state index < -0.39 is 28.7 Å². The molecule has 1 aliphatic rings. The van der Waals surface area contributed by atoms with Crippen molar-refractivity contribution in [2.45, 2.75) is 136 Å². The minimum absolute atomic E-state index is 0.0379.